The number of carbonyl (C=O) groups is 1. The predicted octanol–water partition coefficient (Wildman–Crippen LogP) is 1.89. The summed E-state index contributed by atoms with van der Waals surface area (Å²) in [6.07, 6.45) is 1.54. The quantitative estimate of drug-likeness (QED) is 0.667. The van der Waals surface area contributed by atoms with Crippen molar-refractivity contribution in [2.75, 3.05) is 0 Å². The Morgan fingerprint density at radius 3 is 3.14 bits per heavy atom. The van der Waals surface area contributed by atoms with Gasteiger partial charge in [0.05, 0.1) is 23.8 Å². The molecule has 3 aromatic heterocycles. The summed E-state index contributed by atoms with van der Waals surface area (Å²) in [7, 11) is 0. The van der Waals surface area contributed by atoms with Gasteiger partial charge in [0, 0.05) is 12.6 Å². The Morgan fingerprint density at radius 2 is 2.36 bits per heavy atom. The Hall–Kier alpha value is -2.48. The van der Waals surface area contributed by atoms with Gasteiger partial charge in [0.1, 0.15) is 4.83 Å². The van der Waals surface area contributed by atoms with Crippen LogP contribution in [0.4, 0.5) is 0 Å². The number of aryl methyl sites for hydroxylation is 2. The lowest BCUT2D eigenvalue weighted by Crippen LogP contribution is -2.21. The van der Waals surface area contributed by atoms with Gasteiger partial charge >= 0.3 is 5.97 Å². The molecule has 0 unspecified atom stereocenters. The van der Waals surface area contributed by atoms with E-state index in [-0.39, 0.29) is 25.1 Å². The lowest BCUT2D eigenvalue weighted by molar-refractivity contribution is -0.145. The number of esters is 1. The van der Waals surface area contributed by atoms with E-state index in [1.54, 1.807) is 19.1 Å². The molecule has 7 nitrogen and oxygen atoms in total. The van der Waals surface area contributed by atoms with Crippen LogP contribution in [0.1, 0.15) is 17.9 Å². The molecule has 0 fully saturated rings. The monoisotopic (exact) mass is 319 g/mol. The molecule has 22 heavy (non-hydrogen) atoms. The van der Waals surface area contributed by atoms with Crippen molar-refractivity contribution in [3.8, 4) is 0 Å². The van der Waals surface area contributed by atoms with Crippen LogP contribution >= 0.6 is 11.3 Å². The molecule has 3 aromatic rings. The minimum Gasteiger partial charge on any atom is -0.457 e. The van der Waals surface area contributed by atoms with E-state index in [1.165, 1.54) is 22.2 Å². The molecule has 8 heteroatoms. The summed E-state index contributed by atoms with van der Waals surface area (Å²) in [4.78, 5) is 28.7. The van der Waals surface area contributed by atoms with E-state index in [0.717, 1.165) is 5.69 Å². The summed E-state index contributed by atoms with van der Waals surface area (Å²) in [6.45, 7) is 2.05. The summed E-state index contributed by atoms with van der Waals surface area (Å²) in [5, 5.41) is 6.09. The van der Waals surface area contributed by atoms with Crippen LogP contribution in [0.5, 0.6) is 0 Å². The third kappa shape index (κ3) is 3.06. The standard InChI is InChI=1S/C14H13N3O4S/c1-9-6-10(21-16-9)7-20-12(18)2-4-17-8-15-13-11(14(17)19)3-5-22-13/h3,5-6,8H,2,4,7H2,1H3. The van der Waals surface area contributed by atoms with Gasteiger partial charge in [0.15, 0.2) is 12.4 Å². The van der Waals surface area contributed by atoms with Gasteiger partial charge in [0.2, 0.25) is 0 Å². The fourth-order valence-corrected chi connectivity index (χ4v) is 2.70. The van der Waals surface area contributed by atoms with Crippen molar-refractivity contribution in [3.63, 3.8) is 0 Å². The number of thiophene rings is 1. The van der Waals surface area contributed by atoms with E-state index >= 15 is 0 Å². The maximum absolute atomic E-state index is 12.1. The molecule has 0 aromatic carbocycles. The molecule has 0 saturated heterocycles. The van der Waals surface area contributed by atoms with Crippen LogP contribution in [-0.2, 0) is 22.7 Å². The minimum absolute atomic E-state index is 0.0381. The maximum Gasteiger partial charge on any atom is 0.308 e. The van der Waals surface area contributed by atoms with E-state index in [4.69, 9.17) is 9.26 Å². The Morgan fingerprint density at radius 1 is 1.50 bits per heavy atom. The van der Waals surface area contributed by atoms with E-state index in [9.17, 15) is 9.59 Å². The topological polar surface area (TPSA) is 87.2 Å². The van der Waals surface area contributed by atoms with Crippen LogP contribution in [0.25, 0.3) is 10.2 Å². The van der Waals surface area contributed by atoms with Crippen molar-refractivity contribution >= 4 is 27.5 Å². The molecule has 0 amide bonds. The third-order valence-corrected chi connectivity index (χ3v) is 3.88. The Bertz CT molecular complexity index is 864. The zero-order valence-corrected chi connectivity index (χ0v) is 12.6. The molecular weight excluding hydrogens is 306 g/mol. The van der Waals surface area contributed by atoms with Crippen LogP contribution in [0.2, 0.25) is 0 Å². The third-order valence-electron chi connectivity index (χ3n) is 3.06. The van der Waals surface area contributed by atoms with Crippen LogP contribution < -0.4 is 5.56 Å². The smallest absolute Gasteiger partial charge is 0.308 e. The summed E-state index contributed by atoms with van der Waals surface area (Å²) in [6, 6.07) is 3.43. The molecule has 114 valence electrons. The number of fused-ring (bicyclic) bond motifs is 1. The highest BCUT2D eigenvalue weighted by Crippen LogP contribution is 2.13. The highest BCUT2D eigenvalue weighted by molar-refractivity contribution is 7.16. The number of carbonyl (C=O) groups excluding carboxylic acids is 1. The van der Waals surface area contributed by atoms with Gasteiger partial charge in [-0.2, -0.15) is 0 Å². The largest absolute Gasteiger partial charge is 0.457 e. The van der Waals surface area contributed by atoms with Gasteiger partial charge in [-0.3, -0.25) is 14.2 Å². The minimum atomic E-state index is -0.411. The molecule has 3 heterocycles. The summed E-state index contributed by atoms with van der Waals surface area (Å²) >= 11 is 1.41. The fraction of sp³-hybridized carbons (Fsp3) is 0.286. The zero-order chi connectivity index (χ0) is 15.5. The molecule has 0 bridgehead atoms. The molecule has 0 N–H and O–H groups in total. The molecule has 3 rings (SSSR count). The highest BCUT2D eigenvalue weighted by atomic mass is 32.1. The molecule has 0 aliphatic rings. The van der Waals surface area contributed by atoms with Crippen molar-refractivity contribution in [1.82, 2.24) is 14.7 Å². The Kier molecular flexibility index (Phi) is 4.01. The van der Waals surface area contributed by atoms with Gasteiger partial charge < -0.3 is 9.26 Å². The first kappa shape index (κ1) is 14.5. The second-order valence-corrected chi connectivity index (χ2v) is 5.62. The molecule has 0 saturated carbocycles. The number of ether oxygens (including phenoxy) is 1. The molecule has 0 aliphatic carbocycles. The summed E-state index contributed by atoms with van der Waals surface area (Å²) in [5.74, 6) is 0.0794. The number of hydrogen-bond acceptors (Lipinski definition) is 7. The van der Waals surface area contributed by atoms with Gasteiger partial charge in [-0.05, 0) is 18.4 Å². The average Bonchev–Trinajstić information content (AvgIpc) is 3.13. The van der Waals surface area contributed by atoms with E-state index in [0.29, 0.717) is 16.0 Å². The molecule has 0 aliphatic heterocycles. The number of aromatic nitrogens is 3. The summed E-state index contributed by atoms with van der Waals surface area (Å²) < 4.78 is 11.4. The van der Waals surface area contributed by atoms with Crippen molar-refractivity contribution in [2.24, 2.45) is 0 Å². The summed E-state index contributed by atoms with van der Waals surface area (Å²) in [5.41, 5.74) is 0.581. The van der Waals surface area contributed by atoms with Crippen molar-refractivity contribution < 1.29 is 14.1 Å². The first-order valence-corrected chi connectivity index (χ1v) is 7.52. The second-order valence-electron chi connectivity index (χ2n) is 4.73. The number of nitrogens with zero attached hydrogens (tertiary/aromatic N) is 3. The first-order chi connectivity index (χ1) is 10.6. The lowest BCUT2D eigenvalue weighted by atomic mass is 10.3. The molecule has 0 spiro atoms. The Balaban J connectivity index is 1.58. The SMILES string of the molecule is Cc1cc(COC(=O)CCn2cnc3sccc3c2=O)on1. The van der Waals surface area contributed by atoms with Crippen LogP contribution in [0, 0.1) is 6.92 Å². The predicted molar refractivity (Wildman–Crippen MR) is 79.5 cm³/mol. The van der Waals surface area contributed by atoms with Gasteiger partial charge in [-0.25, -0.2) is 4.98 Å². The molecule has 0 atom stereocenters. The normalized spacial score (nSPS) is 11.0. The first-order valence-electron chi connectivity index (χ1n) is 6.64. The van der Waals surface area contributed by atoms with Crippen molar-refractivity contribution in [1.29, 1.82) is 0 Å². The van der Waals surface area contributed by atoms with E-state index in [1.807, 2.05) is 5.38 Å². The zero-order valence-electron chi connectivity index (χ0n) is 11.8. The average molecular weight is 319 g/mol. The second kappa shape index (κ2) is 6.10. The van der Waals surface area contributed by atoms with Gasteiger partial charge in [-0.1, -0.05) is 5.16 Å². The van der Waals surface area contributed by atoms with Crippen molar-refractivity contribution in [3.05, 3.63) is 45.6 Å². The van der Waals surface area contributed by atoms with Crippen LogP contribution in [-0.4, -0.2) is 20.7 Å². The fourth-order valence-electron chi connectivity index (χ4n) is 1.97. The number of rotatable bonds is 5. The lowest BCUT2D eigenvalue weighted by Gasteiger charge is -2.05. The highest BCUT2D eigenvalue weighted by Gasteiger charge is 2.09. The maximum atomic E-state index is 12.1. The van der Waals surface area contributed by atoms with Gasteiger partial charge in [-0.15, -0.1) is 11.3 Å². The van der Waals surface area contributed by atoms with Crippen LogP contribution in [0.3, 0.4) is 0 Å². The Labute approximate surface area is 129 Å². The molecular formula is C14H13N3O4S. The molecule has 0 radical (unpaired) electrons. The van der Waals surface area contributed by atoms with Gasteiger partial charge in [0.25, 0.3) is 5.56 Å². The van der Waals surface area contributed by atoms with Crippen molar-refractivity contribution in [2.45, 2.75) is 26.5 Å². The van der Waals surface area contributed by atoms with E-state index < -0.39 is 5.97 Å². The van der Waals surface area contributed by atoms with Crippen LogP contribution in [0.15, 0.2) is 33.2 Å². The van der Waals surface area contributed by atoms with E-state index in [2.05, 4.69) is 10.1 Å². The number of hydrogen-bond donors (Lipinski definition) is 0.